The Balaban J connectivity index is 0.000000221. The van der Waals surface area contributed by atoms with Crippen LogP contribution >= 0.6 is 0 Å². The minimum absolute atomic E-state index is 0.558. The number of para-hydroxylation sites is 1. The van der Waals surface area contributed by atoms with Crippen molar-refractivity contribution < 1.29 is 19.8 Å². The lowest BCUT2D eigenvalue weighted by atomic mass is 10.2. The highest BCUT2D eigenvalue weighted by Gasteiger charge is 2.08. The summed E-state index contributed by atoms with van der Waals surface area (Å²) in [5.74, 6) is -2.51. The fraction of sp³-hybridized carbons (Fsp3) is 0.286. The second kappa shape index (κ2) is 8.71. The molecule has 6 nitrogen and oxygen atoms in total. The topological polar surface area (TPSA) is 89.9 Å². The molecule has 1 saturated heterocycles. The summed E-state index contributed by atoms with van der Waals surface area (Å²) in [5, 5.41) is 19.0. The molecule has 1 aromatic rings. The van der Waals surface area contributed by atoms with Crippen LogP contribution in [0.15, 0.2) is 42.5 Å². The van der Waals surface area contributed by atoms with Gasteiger partial charge in [-0.1, -0.05) is 18.2 Å². The molecule has 0 saturated carbocycles. The SMILES string of the molecule is O=C(O)C=CC(=O)O.c1ccc(N2CCNCC2)cc1. The van der Waals surface area contributed by atoms with Crippen LogP contribution in [-0.4, -0.2) is 48.3 Å². The first-order valence-corrected chi connectivity index (χ1v) is 6.24. The Morgan fingerprint density at radius 1 is 1.00 bits per heavy atom. The average Bonchev–Trinajstić information content (AvgIpc) is 2.48. The van der Waals surface area contributed by atoms with E-state index >= 15 is 0 Å². The molecule has 1 aliphatic rings. The van der Waals surface area contributed by atoms with Crippen molar-refractivity contribution in [3.8, 4) is 0 Å². The molecule has 1 aliphatic heterocycles. The quantitative estimate of drug-likeness (QED) is 0.709. The van der Waals surface area contributed by atoms with Gasteiger partial charge in [0.15, 0.2) is 0 Å². The number of anilines is 1. The summed E-state index contributed by atoms with van der Waals surface area (Å²) in [5.41, 5.74) is 1.35. The van der Waals surface area contributed by atoms with E-state index in [0.29, 0.717) is 12.2 Å². The van der Waals surface area contributed by atoms with Crippen LogP contribution in [0.1, 0.15) is 0 Å². The van der Waals surface area contributed by atoms with Gasteiger partial charge in [0.1, 0.15) is 0 Å². The number of piperazine rings is 1. The summed E-state index contributed by atoms with van der Waals surface area (Å²) in [6, 6.07) is 10.6. The molecule has 0 atom stereocenters. The number of carbonyl (C=O) groups is 2. The lowest BCUT2D eigenvalue weighted by molar-refractivity contribution is -0.134. The van der Waals surface area contributed by atoms with Crippen molar-refractivity contribution in [2.45, 2.75) is 0 Å². The van der Waals surface area contributed by atoms with Gasteiger partial charge >= 0.3 is 11.9 Å². The van der Waals surface area contributed by atoms with Crippen LogP contribution in [0.5, 0.6) is 0 Å². The maximum Gasteiger partial charge on any atom is 0.328 e. The van der Waals surface area contributed by atoms with Crippen LogP contribution in [-0.2, 0) is 9.59 Å². The Labute approximate surface area is 117 Å². The smallest absolute Gasteiger partial charge is 0.328 e. The van der Waals surface area contributed by atoms with Gasteiger partial charge in [-0.15, -0.1) is 0 Å². The lowest BCUT2D eigenvalue weighted by Gasteiger charge is -2.29. The molecule has 0 radical (unpaired) electrons. The van der Waals surface area contributed by atoms with Gasteiger partial charge in [0.05, 0.1) is 0 Å². The first kappa shape index (κ1) is 15.7. The van der Waals surface area contributed by atoms with Gasteiger partial charge in [-0.25, -0.2) is 9.59 Å². The number of nitrogens with one attached hydrogen (secondary N) is 1. The number of benzene rings is 1. The van der Waals surface area contributed by atoms with E-state index in [1.54, 1.807) is 0 Å². The van der Waals surface area contributed by atoms with Crippen LogP contribution < -0.4 is 10.2 Å². The van der Waals surface area contributed by atoms with Gasteiger partial charge in [0.25, 0.3) is 0 Å². The van der Waals surface area contributed by atoms with E-state index in [1.807, 2.05) is 0 Å². The number of carboxylic acids is 2. The van der Waals surface area contributed by atoms with Gasteiger partial charge < -0.3 is 20.4 Å². The van der Waals surface area contributed by atoms with Crippen molar-refractivity contribution in [3.63, 3.8) is 0 Å². The molecule has 0 aromatic heterocycles. The Morgan fingerprint density at radius 3 is 1.95 bits per heavy atom. The van der Waals surface area contributed by atoms with E-state index in [0.717, 1.165) is 26.2 Å². The molecular weight excluding hydrogens is 260 g/mol. The third kappa shape index (κ3) is 6.55. The molecule has 0 spiro atoms. The van der Waals surface area contributed by atoms with Crippen molar-refractivity contribution in [2.24, 2.45) is 0 Å². The van der Waals surface area contributed by atoms with E-state index in [9.17, 15) is 9.59 Å². The molecule has 6 heteroatoms. The zero-order valence-corrected chi connectivity index (χ0v) is 11.0. The Hall–Kier alpha value is -2.34. The molecule has 0 amide bonds. The van der Waals surface area contributed by atoms with Crippen LogP contribution in [0.3, 0.4) is 0 Å². The van der Waals surface area contributed by atoms with Gasteiger partial charge in [0, 0.05) is 44.0 Å². The fourth-order valence-corrected chi connectivity index (χ4v) is 1.70. The van der Waals surface area contributed by atoms with Crippen LogP contribution in [0.25, 0.3) is 0 Å². The second-order valence-electron chi connectivity index (χ2n) is 4.08. The number of hydrogen-bond donors (Lipinski definition) is 3. The number of rotatable bonds is 3. The number of carboxylic acid groups (broad SMARTS) is 2. The minimum Gasteiger partial charge on any atom is -0.478 e. The summed E-state index contributed by atoms with van der Waals surface area (Å²) in [6.45, 7) is 4.47. The molecule has 0 aliphatic carbocycles. The van der Waals surface area contributed by atoms with Crippen molar-refractivity contribution in [1.82, 2.24) is 5.32 Å². The zero-order valence-electron chi connectivity index (χ0n) is 11.0. The van der Waals surface area contributed by atoms with E-state index in [1.165, 1.54) is 5.69 Å². The summed E-state index contributed by atoms with van der Waals surface area (Å²) < 4.78 is 0. The standard InChI is InChI=1S/C10H14N2.C4H4O4/c1-2-4-10(5-3-1)12-8-6-11-7-9-12;5-3(6)1-2-4(7)8/h1-5,11H,6-9H2;1-2H,(H,5,6)(H,7,8). The fourth-order valence-electron chi connectivity index (χ4n) is 1.70. The van der Waals surface area contributed by atoms with Gasteiger partial charge in [-0.05, 0) is 12.1 Å². The first-order valence-electron chi connectivity index (χ1n) is 6.24. The maximum absolute atomic E-state index is 9.55. The molecule has 1 fully saturated rings. The zero-order chi connectivity index (χ0) is 14.8. The minimum atomic E-state index is -1.26. The normalized spacial score (nSPS) is 14.5. The summed E-state index contributed by atoms with van der Waals surface area (Å²) in [7, 11) is 0. The highest BCUT2D eigenvalue weighted by molar-refractivity contribution is 5.89. The average molecular weight is 278 g/mol. The maximum atomic E-state index is 9.55. The van der Waals surface area contributed by atoms with Crippen LogP contribution in [0.4, 0.5) is 5.69 Å². The number of hydrogen-bond acceptors (Lipinski definition) is 4. The lowest BCUT2D eigenvalue weighted by Crippen LogP contribution is -2.43. The van der Waals surface area contributed by atoms with Crippen LogP contribution in [0.2, 0.25) is 0 Å². The highest BCUT2D eigenvalue weighted by Crippen LogP contribution is 2.12. The van der Waals surface area contributed by atoms with E-state index < -0.39 is 11.9 Å². The van der Waals surface area contributed by atoms with E-state index in [-0.39, 0.29) is 0 Å². The predicted molar refractivity (Wildman–Crippen MR) is 75.9 cm³/mol. The molecule has 1 heterocycles. The Bertz CT molecular complexity index is 438. The molecule has 1 aromatic carbocycles. The van der Waals surface area contributed by atoms with Crippen molar-refractivity contribution in [1.29, 1.82) is 0 Å². The van der Waals surface area contributed by atoms with Gasteiger partial charge in [-0.3, -0.25) is 0 Å². The first-order chi connectivity index (χ1) is 9.59. The molecule has 0 bridgehead atoms. The van der Waals surface area contributed by atoms with Crippen molar-refractivity contribution in [2.75, 3.05) is 31.1 Å². The molecular formula is C14H18N2O4. The molecule has 108 valence electrons. The van der Waals surface area contributed by atoms with Crippen LogP contribution in [0, 0.1) is 0 Å². The van der Waals surface area contributed by atoms with E-state index in [2.05, 4.69) is 40.5 Å². The number of aliphatic carboxylic acids is 2. The molecule has 2 rings (SSSR count). The summed E-state index contributed by atoms with van der Waals surface area (Å²) >= 11 is 0. The Morgan fingerprint density at radius 2 is 1.50 bits per heavy atom. The third-order valence-electron chi connectivity index (χ3n) is 2.61. The van der Waals surface area contributed by atoms with Gasteiger partial charge in [0.2, 0.25) is 0 Å². The largest absolute Gasteiger partial charge is 0.478 e. The number of nitrogens with zero attached hydrogens (tertiary/aromatic N) is 1. The van der Waals surface area contributed by atoms with E-state index in [4.69, 9.17) is 10.2 Å². The van der Waals surface area contributed by atoms with Crippen molar-refractivity contribution in [3.05, 3.63) is 42.5 Å². The van der Waals surface area contributed by atoms with Crippen molar-refractivity contribution >= 4 is 17.6 Å². The predicted octanol–water partition coefficient (Wildman–Crippen LogP) is 0.808. The Kier molecular flexibility index (Phi) is 6.84. The summed E-state index contributed by atoms with van der Waals surface area (Å²) in [4.78, 5) is 21.5. The monoisotopic (exact) mass is 278 g/mol. The summed E-state index contributed by atoms with van der Waals surface area (Å²) in [6.07, 6.45) is 1.12. The molecule has 3 N–H and O–H groups in total. The third-order valence-corrected chi connectivity index (χ3v) is 2.61. The molecule has 20 heavy (non-hydrogen) atoms. The molecule has 0 unspecified atom stereocenters. The van der Waals surface area contributed by atoms with Gasteiger partial charge in [-0.2, -0.15) is 0 Å². The second-order valence-corrected chi connectivity index (χ2v) is 4.08. The highest BCUT2D eigenvalue weighted by atomic mass is 16.4.